The number of nitrogens with zero attached hydrogens (tertiary/aromatic N) is 2. The topological polar surface area (TPSA) is 87.5 Å². The van der Waals surface area contributed by atoms with Crippen LogP contribution in [0.15, 0.2) is 36.4 Å². The number of nitrogens with one attached hydrogen (secondary N) is 2. The van der Waals surface area contributed by atoms with E-state index < -0.39 is 10.8 Å². The van der Waals surface area contributed by atoms with E-state index in [0.29, 0.717) is 10.7 Å². The number of nitro groups is 1. The fraction of sp³-hybridized carbons (Fsp3) is 0.333. The molecule has 0 aromatic heterocycles. The van der Waals surface area contributed by atoms with Gasteiger partial charge in [-0.3, -0.25) is 20.2 Å². The zero-order valence-electron chi connectivity index (χ0n) is 16.8. The molecule has 2 N–H and O–H groups in total. The molecule has 0 saturated carbocycles. The molecule has 7 nitrogen and oxygen atoms in total. The summed E-state index contributed by atoms with van der Waals surface area (Å²) in [5.74, 6) is 0.218. The number of benzene rings is 2. The first-order valence-corrected chi connectivity index (χ1v) is 10.5. The second-order valence-corrected chi connectivity index (χ2v) is 8.27. The van der Waals surface area contributed by atoms with E-state index in [-0.39, 0.29) is 21.9 Å². The van der Waals surface area contributed by atoms with Crippen molar-refractivity contribution in [2.75, 3.05) is 23.3 Å². The molecule has 1 fully saturated rings. The Morgan fingerprint density at radius 1 is 1.27 bits per heavy atom. The first kappa shape index (κ1) is 22.0. The highest BCUT2D eigenvalue weighted by atomic mass is 35.5. The number of hydrogen-bond acceptors (Lipinski definition) is 5. The predicted molar refractivity (Wildman–Crippen MR) is 124 cm³/mol. The molecular weight excluding hydrogens is 424 g/mol. The number of thiocarbonyl (C=S) groups is 1. The molecule has 0 aliphatic carbocycles. The second-order valence-electron chi connectivity index (χ2n) is 7.45. The van der Waals surface area contributed by atoms with Crippen molar-refractivity contribution in [1.29, 1.82) is 0 Å². The number of carbonyl (C=O) groups excluding carboxylic acids is 1. The highest BCUT2D eigenvalue weighted by Crippen LogP contribution is 2.31. The quantitative estimate of drug-likeness (QED) is 0.393. The van der Waals surface area contributed by atoms with Crippen LogP contribution in [0.5, 0.6) is 0 Å². The molecule has 1 aliphatic heterocycles. The molecule has 158 valence electrons. The summed E-state index contributed by atoms with van der Waals surface area (Å²) in [6.45, 7) is 5.75. The van der Waals surface area contributed by atoms with E-state index in [1.54, 1.807) is 6.07 Å². The lowest BCUT2D eigenvalue weighted by atomic mass is 9.99. The van der Waals surface area contributed by atoms with Crippen LogP contribution in [0, 0.1) is 23.0 Å². The van der Waals surface area contributed by atoms with Crippen molar-refractivity contribution in [1.82, 2.24) is 5.32 Å². The lowest BCUT2D eigenvalue weighted by Gasteiger charge is -2.32. The molecule has 0 radical (unpaired) electrons. The maximum absolute atomic E-state index is 12.5. The van der Waals surface area contributed by atoms with E-state index in [9.17, 15) is 14.9 Å². The van der Waals surface area contributed by atoms with E-state index in [4.69, 9.17) is 23.8 Å². The molecule has 30 heavy (non-hydrogen) atoms. The van der Waals surface area contributed by atoms with E-state index >= 15 is 0 Å². The number of piperidine rings is 1. The monoisotopic (exact) mass is 446 g/mol. The Bertz CT molecular complexity index is 990. The Balaban J connectivity index is 1.65. The van der Waals surface area contributed by atoms with Gasteiger partial charge in [-0.25, -0.2) is 0 Å². The van der Waals surface area contributed by atoms with Gasteiger partial charge in [0.05, 0.1) is 15.6 Å². The van der Waals surface area contributed by atoms with Gasteiger partial charge in [-0.15, -0.1) is 0 Å². The zero-order valence-corrected chi connectivity index (χ0v) is 18.3. The standard InChI is InChI=1S/C21H23ClN4O3S/c1-13-8-10-25(11-9-13)19-7-6-15(12-17(19)22)23-21(30)24-20(27)16-4-3-5-18(14(16)2)26(28)29/h3-7,12-13H,8-11H2,1-2H3,(H2,23,24,27,30). The van der Waals surface area contributed by atoms with Crippen LogP contribution in [-0.2, 0) is 0 Å². The average Bonchev–Trinajstić information content (AvgIpc) is 2.68. The summed E-state index contributed by atoms with van der Waals surface area (Å²) < 4.78 is 0. The number of rotatable bonds is 4. The maximum atomic E-state index is 12.5. The minimum atomic E-state index is -0.519. The Labute approximate surface area is 185 Å². The zero-order chi connectivity index (χ0) is 21.8. The van der Waals surface area contributed by atoms with Gasteiger partial charge in [-0.1, -0.05) is 24.6 Å². The van der Waals surface area contributed by atoms with E-state index in [0.717, 1.165) is 37.5 Å². The first-order valence-electron chi connectivity index (χ1n) is 9.67. The van der Waals surface area contributed by atoms with Gasteiger partial charge in [-0.2, -0.15) is 0 Å². The molecule has 2 aromatic carbocycles. The lowest BCUT2D eigenvalue weighted by molar-refractivity contribution is -0.385. The summed E-state index contributed by atoms with van der Waals surface area (Å²) in [4.78, 5) is 25.3. The third-order valence-corrected chi connectivity index (χ3v) is 5.81. The van der Waals surface area contributed by atoms with Crippen molar-refractivity contribution in [3.63, 3.8) is 0 Å². The first-order chi connectivity index (χ1) is 14.3. The van der Waals surface area contributed by atoms with Crippen LogP contribution in [0.4, 0.5) is 17.1 Å². The number of hydrogen-bond donors (Lipinski definition) is 2. The minimum Gasteiger partial charge on any atom is -0.370 e. The van der Waals surface area contributed by atoms with E-state index in [1.807, 2.05) is 12.1 Å². The number of halogens is 1. The van der Waals surface area contributed by atoms with Crippen molar-refractivity contribution in [2.45, 2.75) is 26.7 Å². The fourth-order valence-corrected chi connectivity index (χ4v) is 4.00. The van der Waals surface area contributed by atoms with Gasteiger partial charge in [0, 0.05) is 36.0 Å². The third-order valence-electron chi connectivity index (χ3n) is 5.30. The third kappa shape index (κ3) is 5.06. The minimum absolute atomic E-state index is 0.0847. The van der Waals surface area contributed by atoms with Gasteiger partial charge < -0.3 is 10.2 Å². The van der Waals surface area contributed by atoms with Gasteiger partial charge in [0.1, 0.15) is 0 Å². The molecule has 0 bridgehead atoms. The molecule has 9 heteroatoms. The average molecular weight is 447 g/mol. The number of anilines is 2. The summed E-state index contributed by atoms with van der Waals surface area (Å²) in [7, 11) is 0. The van der Waals surface area contributed by atoms with Crippen LogP contribution in [0.25, 0.3) is 0 Å². The lowest BCUT2D eigenvalue weighted by Crippen LogP contribution is -2.34. The molecule has 1 amide bonds. The van der Waals surface area contributed by atoms with Gasteiger partial charge in [0.25, 0.3) is 11.6 Å². The summed E-state index contributed by atoms with van der Waals surface area (Å²) >= 11 is 11.7. The van der Waals surface area contributed by atoms with Crippen molar-refractivity contribution < 1.29 is 9.72 Å². The summed E-state index contributed by atoms with van der Waals surface area (Å²) in [6, 6.07) is 9.91. The number of amides is 1. The summed E-state index contributed by atoms with van der Waals surface area (Å²) in [5, 5.41) is 17.3. The highest BCUT2D eigenvalue weighted by Gasteiger charge is 2.20. The Kier molecular flexibility index (Phi) is 6.89. The number of carbonyl (C=O) groups is 1. The van der Waals surface area contributed by atoms with Crippen LogP contribution in [-0.4, -0.2) is 29.0 Å². The molecule has 2 aromatic rings. The van der Waals surface area contributed by atoms with Gasteiger partial charge in [-0.05, 0) is 62.2 Å². The van der Waals surface area contributed by atoms with E-state index in [1.165, 1.54) is 25.1 Å². The molecule has 0 unspecified atom stereocenters. The van der Waals surface area contributed by atoms with Gasteiger partial charge in [0.15, 0.2) is 5.11 Å². The Morgan fingerprint density at radius 3 is 2.60 bits per heavy atom. The molecule has 1 aliphatic rings. The van der Waals surface area contributed by atoms with Gasteiger partial charge >= 0.3 is 0 Å². The smallest absolute Gasteiger partial charge is 0.273 e. The Hall–Kier alpha value is -2.71. The van der Waals surface area contributed by atoms with Gasteiger partial charge in [0.2, 0.25) is 0 Å². The predicted octanol–water partition coefficient (Wildman–Crippen LogP) is 4.92. The Morgan fingerprint density at radius 2 is 1.97 bits per heavy atom. The molecule has 0 atom stereocenters. The molecule has 1 saturated heterocycles. The highest BCUT2D eigenvalue weighted by molar-refractivity contribution is 7.80. The normalized spacial score (nSPS) is 14.3. The molecule has 1 heterocycles. The summed E-state index contributed by atoms with van der Waals surface area (Å²) in [6.07, 6.45) is 2.28. The van der Waals surface area contributed by atoms with Crippen molar-refractivity contribution in [2.24, 2.45) is 5.92 Å². The van der Waals surface area contributed by atoms with Crippen molar-refractivity contribution >= 4 is 51.9 Å². The largest absolute Gasteiger partial charge is 0.370 e. The van der Waals surface area contributed by atoms with Crippen LogP contribution in [0.1, 0.15) is 35.7 Å². The molecule has 0 spiro atoms. The van der Waals surface area contributed by atoms with Crippen LogP contribution >= 0.6 is 23.8 Å². The van der Waals surface area contributed by atoms with Crippen molar-refractivity contribution in [3.8, 4) is 0 Å². The van der Waals surface area contributed by atoms with Crippen LogP contribution < -0.4 is 15.5 Å². The number of nitro benzene ring substituents is 1. The van der Waals surface area contributed by atoms with Crippen molar-refractivity contribution in [3.05, 3.63) is 62.7 Å². The SMILES string of the molecule is Cc1c(C(=O)NC(=S)Nc2ccc(N3CCC(C)CC3)c(Cl)c2)cccc1[N+](=O)[O-]. The summed E-state index contributed by atoms with van der Waals surface area (Å²) in [5.41, 5.74) is 1.99. The maximum Gasteiger partial charge on any atom is 0.273 e. The van der Waals surface area contributed by atoms with E-state index in [2.05, 4.69) is 22.5 Å². The fourth-order valence-electron chi connectivity index (χ4n) is 3.49. The second kappa shape index (κ2) is 9.40. The molecule has 3 rings (SSSR count). The molecular formula is C21H23ClN4O3S. The van der Waals surface area contributed by atoms with Crippen LogP contribution in [0.2, 0.25) is 5.02 Å². The van der Waals surface area contributed by atoms with Crippen LogP contribution in [0.3, 0.4) is 0 Å².